The standard InChI is InChI=1S/C21H24N2OS/c24-21(16-25-20-10-9-17-5-4-6-18(17)15-20)23-13-11-22(12-14-23)19-7-2-1-3-8-19/h1-3,7-10,15H,4-6,11-14,16H2. The topological polar surface area (TPSA) is 23.6 Å². The highest BCUT2D eigenvalue weighted by atomic mass is 32.2. The summed E-state index contributed by atoms with van der Waals surface area (Å²) < 4.78 is 0. The van der Waals surface area contributed by atoms with Gasteiger partial charge in [-0.1, -0.05) is 24.3 Å². The van der Waals surface area contributed by atoms with E-state index in [4.69, 9.17) is 0 Å². The van der Waals surface area contributed by atoms with Crippen molar-refractivity contribution in [3.05, 3.63) is 59.7 Å². The molecule has 1 saturated heterocycles. The van der Waals surface area contributed by atoms with E-state index in [0.29, 0.717) is 5.75 Å². The van der Waals surface area contributed by atoms with Gasteiger partial charge in [0.15, 0.2) is 0 Å². The first-order valence-electron chi connectivity index (χ1n) is 9.12. The zero-order valence-corrected chi connectivity index (χ0v) is 15.3. The van der Waals surface area contributed by atoms with E-state index in [1.165, 1.54) is 41.0 Å². The molecule has 2 aromatic carbocycles. The Labute approximate surface area is 154 Å². The Morgan fingerprint density at radius 3 is 2.48 bits per heavy atom. The van der Waals surface area contributed by atoms with Crippen LogP contribution < -0.4 is 4.90 Å². The number of anilines is 1. The molecule has 0 bridgehead atoms. The van der Waals surface area contributed by atoms with Crippen LogP contribution in [0.3, 0.4) is 0 Å². The van der Waals surface area contributed by atoms with Crippen molar-refractivity contribution in [3.63, 3.8) is 0 Å². The quantitative estimate of drug-likeness (QED) is 0.785. The lowest BCUT2D eigenvalue weighted by atomic mass is 10.1. The van der Waals surface area contributed by atoms with E-state index in [9.17, 15) is 4.79 Å². The zero-order chi connectivity index (χ0) is 17.1. The van der Waals surface area contributed by atoms with E-state index in [-0.39, 0.29) is 5.91 Å². The summed E-state index contributed by atoms with van der Waals surface area (Å²) in [4.78, 5) is 18.1. The highest BCUT2D eigenvalue weighted by molar-refractivity contribution is 8.00. The molecule has 1 aliphatic carbocycles. The van der Waals surface area contributed by atoms with Gasteiger partial charge >= 0.3 is 0 Å². The van der Waals surface area contributed by atoms with E-state index in [2.05, 4.69) is 47.4 Å². The first kappa shape index (κ1) is 16.5. The third kappa shape index (κ3) is 3.84. The molecule has 0 saturated carbocycles. The number of fused-ring (bicyclic) bond motifs is 1. The van der Waals surface area contributed by atoms with Crippen LogP contribution in [0.15, 0.2) is 53.4 Å². The number of hydrogen-bond acceptors (Lipinski definition) is 3. The molecule has 0 N–H and O–H groups in total. The molecule has 0 radical (unpaired) electrons. The highest BCUT2D eigenvalue weighted by Crippen LogP contribution is 2.27. The molecule has 1 aliphatic heterocycles. The second kappa shape index (κ2) is 7.52. The van der Waals surface area contributed by atoms with Crippen LogP contribution in [0.25, 0.3) is 0 Å². The van der Waals surface area contributed by atoms with Gasteiger partial charge < -0.3 is 9.80 Å². The summed E-state index contributed by atoms with van der Waals surface area (Å²) in [5.41, 5.74) is 4.23. The minimum atomic E-state index is 0.262. The molecule has 4 rings (SSSR count). The Hall–Kier alpha value is -1.94. The maximum Gasteiger partial charge on any atom is 0.233 e. The fraction of sp³-hybridized carbons (Fsp3) is 0.381. The number of piperazine rings is 1. The predicted molar refractivity (Wildman–Crippen MR) is 104 cm³/mol. The van der Waals surface area contributed by atoms with Gasteiger partial charge in [0.1, 0.15) is 0 Å². The average Bonchev–Trinajstić information content (AvgIpc) is 3.15. The molecule has 2 aromatic rings. The number of thioether (sulfide) groups is 1. The minimum absolute atomic E-state index is 0.262. The van der Waals surface area contributed by atoms with Gasteiger partial charge in [-0.15, -0.1) is 11.8 Å². The Bertz CT molecular complexity index is 739. The SMILES string of the molecule is O=C(CSc1ccc2c(c1)CCC2)N1CCN(c2ccccc2)CC1. The van der Waals surface area contributed by atoms with Crippen molar-refractivity contribution < 1.29 is 4.79 Å². The first-order chi connectivity index (χ1) is 12.3. The molecule has 0 atom stereocenters. The van der Waals surface area contributed by atoms with Gasteiger partial charge in [-0.2, -0.15) is 0 Å². The van der Waals surface area contributed by atoms with Crippen molar-refractivity contribution in [2.24, 2.45) is 0 Å². The maximum atomic E-state index is 12.5. The smallest absolute Gasteiger partial charge is 0.233 e. The van der Waals surface area contributed by atoms with E-state index in [1.54, 1.807) is 11.8 Å². The Morgan fingerprint density at radius 1 is 0.920 bits per heavy atom. The Morgan fingerprint density at radius 2 is 1.68 bits per heavy atom. The minimum Gasteiger partial charge on any atom is -0.368 e. The monoisotopic (exact) mass is 352 g/mol. The highest BCUT2D eigenvalue weighted by Gasteiger charge is 2.21. The van der Waals surface area contributed by atoms with Gasteiger partial charge in [0.05, 0.1) is 5.75 Å². The molecule has 3 nitrogen and oxygen atoms in total. The molecule has 1 heterocycles. The van der Waals surface area contributed by atoms with Crippen molar-refractivity contribution >= 4 is 23.4 Å². The lowest BCUT2D eigenvalue weighted by Crippen LogP contribution is -2.49. The Kier molecular flexibility index (Phi) is 4.97. The molecule has 4 heteroatoms. The number of nitrogens with zero attached hydrogens (tertiary/aromatic N) is 2. The molecular weight excluding hydrogens is 328 g/mol. The number of amides is 1. The van der Waals surface area contributed by atoms with Crippen LogP contribution in [-0.4, -0.2) is 42.7 Å². The van der Waals surface area contributed by atoms with E-state index >= 15 is 0 Å². The number of para-hydroxylation sites is 1. The van der Waals surface area contributed by atoms with Crippen molar-refractivity contribution in [1.82, 2.24) is 4.90 Å². The number of carbonyl (C=O) groups excluding carboxylic acids is 1. The molecule has 0 unspecified atom stereocenters. The second-order valence-corrected chi connectivity index (χ2v) is 7.82. The second-order valence-electron chi connectivity index (χ2n) is 6.78. The van der Waals surface area contributed by atoms with E-state index in [1.807, 2.05) is 11.0 Å². The first-order valence-corrected chi connectivity index (χ1v) is 10.1. The number of carbonyl (C=O) groups is 1. The van der Waals surface area contributed by atoms with Gasteiger partial charge in [0.2, 0.25) is 5.91 Å². The number of rotatable bonds is 4. The number of aryl methyl sites for hydroxylation is 2. The van der Waals surface area contributed by atoms with Crippen molar-refractivity contribution in [1.29, 1.82) is 0 Å². The summed E-state index contributed by atoms with van der Waals surface area (Å²) in [6.45, 7) is 3.47. The molecule has 0 aromatic heterocycles. The molecule has 130 valence electrons. The van der Waals surface area contributed by atoms with Crippen LogP contribution >= 0.6 is 11.8 Å². The summed E-state index contributed by atoms with van der Waals surface area (Å²) in [6.07, 6.45) is 3.68. The summed E-state index contributed by atoms with van der Waals surface area (Å²) in [5.74, 6) is 0.808. The normalized spacial score (nSPS) is 16.8. The molecule has 25 heavy (non-hydrogen) atoms. The van der Waals surface area contributed by atoms with Crippen molar-refractivity contribution in [2.45, 2.75) is 24.2 Å². The summed E-state index contributed by atoms with van der Waals surface area (Å²) in [6, 6.07) is 17.2. The lowest BCUT2D eigenvalue weighted by Gasteiger charge is -2.36. The summed E-state index contributed by atoms with van der Waals surface area (Å²) in [7, 11) is 0. The number of hydrogen-bond donors (Lipinski definition) is 0. The summed E-state index contributed by atoms with van der Waals surface area (Å²) >= 11 is 1.68. The van der Waals surface area contributed by atoms with Crippen LogP contribution in [0.1, 0.15) is 17.5 Å². The van der Waals surface area contributed by atoms with Crippen LogP contribution in [-0.2, 0) is 17.6 Å². The van der Waals surface area contributed by atoms with E-state index < -0.39 is 0 Å². The fourth-order valence-corrected chi connectivity index (χ4v) is 4.59. The summed E-state index contributed by atoms with van der Waals surface area (Å²) in [5, 5.41) is 0. The van der Waals surface area contributed by atoms with Gasteiger partial charge in [0, 0.05) is 36.8 Å². The van der Waals surface area contributed by atoms with Crippen LogP contribution in [0.4, 0.5) is 5.69 Å². The van der Waals surface area contributed by atoms with E-state index in [0.717, 1.165) is 26.2 Å². The average molecular weight is 353 g/mol. The van der Waals surface area contributed by atoms with Crippen LogP contribution in [0.5, 0.6) is 0 Å². The Balaban J connectivity index is 1.28. The molecular formula is C21H24N2OS. The molecule has 2 aliphatic rings. The molecule has 1 fully saturated rings. The maximum absolute atomic E-state index is 12.5. The van der Waals surface area contributed by atoms with Gasteiger partial charge in [-0.25, -0.2) is 0 Å². The number of benzene rings is 2. The van der Waals surface area contributed by atoms with Gasteiger partial charge in [-0.3, -0.25) is 4.79 Å². The van der Waals surface area contributed by atoms with Crippen LogP contribution in [0, 0.1) is 0 Å². The van der Waals surface area contributed by atoms with Crippen LogP contribution in [0.2, 0.25) is 0 Å². The van der Waals surface area contributed by atoms with Gasteiger partial charge in [-0.05, 0) is 54.7 Å². The fourth-order valence-electron chi connectivity index (χ4n) is 3.73. The van der Waals surface area contributed by atoms with Crippen molar-refractivity contribution in [2.75, 3.05) is 36.8 Å². The lowest BCUT2D eigenvalue weighted by molar-refractivity contribution is -0.128. The zero-order valence-electron chi connectivity index (χ0n) is 14.5. The third-order valence-electron chi connectivity index (χ3n) is 5.19. The largest absolute Gasteiger partial charge is 0.368 e. The van der Waals surface area contributed by atoms with Crippen molar-refractivity contribution in [3.8, 4) is 0 Å². The predicted octanol–water partition coefficient (Wildman–Crippen LogP) is 3.62. The van der Waals surface area contributed by atoms with Gasteiger partial charge in [0.25, 0.3) is 0 Å². The third-order valence-corrected chi connectivity index (χ3v) is 6.16. The molecule has 1 amide bonds. The molecule has 0 spiro atoms.